The fraction of sp³-hybridized carbons (Fsp3) is 0.538. The average molecular weight is 249 g/mol. The molecule has 2 aliphatic rings. The number of piperidine rings is 1. The van der Waals surface area contributed by atoms with Crippen LogP contribution in [0.25, 0.3) is 0 Å². The third-order valence-corrected chi connectivity index (χ3v) is 4.07. The fourth-order valence-corrected chi connectivity index (χ4v) is 2.89. The summed E-state index contributed by atoms with van der Waals surface area (Å²) in [5, 5.41) is 6.01. The predicted molar refractivity (Wildman–Crippen MR) is 65.5 cm³/mol. The summed E-state index contributed by atoms with van der Waals surface area (Å²) in [4.78, 5) is 15.7. The Balaban J connectivity index is 1.63. The van der Waals surface area contributed by atoms with Gasteiger partial charge in [0.2, 0.25) is 11.9 Å². The van der Waals surface area contributed by atoms with Crippen LogP contribution in [0.4, 0.5) is 10.2 Å². The topological polar surface area (TPSA) is 54.0 Å². The van der Waals surface area contributed by atoms with E-state index < -0.39 is 5.95 Å². The van der Waals surface area contributed by atoms with Gasteiger partial charge in [0.15, 0.2) is 0 Å². The van der Waals surface area contributed by atoms with Gasteiger partial charge in [0.1, 0.15) is 5.82 Å². The zero-order valence-electron chi connectivity index (χ0n) is 10.1. The lowest BCUT2D eigenvalue weighted by Crippen LogP contribution is -2.31. The van der Waals surface area contributed by atoms with Crippen molar-refractivity contribution in [1.82, 2.24) is 10.3 Å². The molecule has 1 amide bonds. The molecule has 1 unspecified atom stereocenters. The number of carbonyl (C=O) groups excluding carboxylic acids is 1. The van der Waals surface area contributed by atoms with E-state index in [4.69, 9.17) is 0 Å². The van der Waals surface area contributed by atoms with Crippen LogP contribution in [0.1, 0.15) is 19.3 Å². The van der Waals surface area contributed by atoms with Crippen molar-refractivity contribution in [1.29, 1.82) is 0 Å². The maximum Gasteiger partial charge on any atom is 0.229 e. The van der Waals surface area contributed by atoms with Gasteiger partial charge in [-0.05, 0) is 49.9 Å². The summed E-state index contributed by atoms with van der Waals surface area (Å²) in [6, 6.07) is 4.42. The number of hydrogen-bond donors (Lipinski definition) is 2. The highest BCUT2D eigenvalue weighted by molar-refractivity contribution is 5.94. The van der Waals surface area contributed by atoms with Crippen LogP contribution in [0.15, 0.2) is 18.2 Å². The van der Waals surface area contributed by atoms with E-state index in [0.717, 1.165) is 32.4 Å². The summed E-state index contributed by atoms with van der Waals surface area (Å²) in [6.45, 7) is 1.98. The van der Waals surface area contributed by atoms with Crippen LogP contribution in [0.2, 0.25) is 0 Å². The van der Waals surface area contributed by atoms with Crippen molar-refractivity contribution >= 4 is 11.7 Å². The van der Waals surface area contributed by atoms with Crippen molar-refractivity contribution in [2.75, 3.05) is 18.4 Å². The van der Waals surface area contributed by atoms with Crippen molar-refractivity contribution in [3.8, 4) is 0 Å². The maximum atomic E-state index is 12.9. The average Bonchev–Trinajstić information content (AvgIpc) is 3.04. The van der Waals surface area contributed by atoms with Gasteiger partial charge >= 0.3 is 0 Å². The first-order valence-corrected chi connectivity index (χ1v) is 6.34. The molecule has 2 N–H and O–H groups in total. The standard InChI is InChI=1S/C13H16FN3O/c14-10-2-1-3-11(16-10)17-12(18)9-8-13(9)4-6-15-7-5-13/h1-3,9,15H,4-8H2,(H,16,17,18). The third kappa shape index (κ3) is 2.10. The van der Waals surface area contributed by atoms with Crippen LogP contribution in [-0.2, 0) is 4.79 Å². The third-order valence-electron chi connectivity index (χ3n) is 4.07. The van der Waals surface area contributed by atoms with Crippen molar-refractivity contribution in [3.05, 3.63) is 24.1 Å². The summed E-state index contributed by atoms with van der Waals surface area (Å²) >= 11 is 0. The lowest BCUT2D eigenvalue weighted by atomic mass is 9.92. The number of rotatable bonds is 2. The predicted octanol–water partition coefficient (Wildman–Crippen LogP) is 1.55. The minimum atomic E-state index is -0.569. The molecule has 1 aliphatic carbocycles. The van der Waals surface area contributed by atoms with Crippen molar-refractivity contribution in [3.63, 3.8) is 0 Å². The Morgan fingerprint density at radius 2 is 2.22 bits per heavy atom. The Labute approximate surface area is 105 Å². The molecule has 3 rings (SSSR count). The summed E-state index contributed by atoms with van der Waals surface area (Å²) in [5.74, 6) is -0.212. The monoisotopic (exact) mass is 249 g/mol. The van der Waals surface area contributed by atoms with Crippen LogP contribution in [-0.4, -0.2) is 24.0 Å². The second-order valence-corrected chi connectivity index (χ2v) is 5.20. The highest BCUT2D eigenvalue weighted by Gasteiger charge is 2.57. The number of carbonyl (C=O) groups is 1. The van der Waals surface area contributed by atoms with E-state index in [0.29, 0.717) is 5.82 Å². The normalized spacial score (nSPS) is 24.8. The van der Waals surface area contributed by atoms with Crippen LogP contribution < -0.4 is 10.6 Å². The number of amides is 1. The molecule has 0 bridgehead atoms. The Kier molecular flexibility index (Phi) is 2.78. The van der Waals surface area contributed by atoms with Crippen LogP contribution >= 0.6 is 0 Å². The lowest BCUT2D eigenvalue weighted by Gasteiger charge is -2.23. The zero-order valence-corrected chi connectivity index (χ0v) is 10.1. The Hall–Kier alpha value is -1.49. The Morgan fingerprint density at radius 3 is 2.94 bits per heavy atom. The van der Waals surface area contributed by atoms with Crippen LogP contribution in [0.3, 0.4) is 0 Å². The van der Waals surface area contributed by atoms with Gasteiger partial charge in [-0.15, -0.1) is 0 Å². The summed E-state index contributed by atoms with van der Waals surface area (Å²) in [7, 11) is 0. The molecule has 1 aromatic rings. The molecule has 2 heterocycles. The molecule has 1 aromatic heterocycles. The number of halogens is 1. The molecule has 0 aromatic carbocycles. The molecule has 4 nitrogen and oxygen atoms in total. The van der Waals surface area contributed by atoms with E-state index in [9.17, 15) is 9.18 Å². The molecular weight excluding hydrogens is 233 g/mol. The molecule has 2 fully saturated rings. The molecule has 18 heavy (non-hydrogen) atoms. The lowest BCUT2D eigenvalue weighted by molar-refractivity contribution is -0.118. The smallest absolute Gasteiger partial charge is 0.229 e. The van der Waals surface area contributed by atoms with Gasteiger partial charge in [-0.1, -0.05) is 6.07 Å². The van der Waals surface area contributed by atoms with E-state index in [1.165, 1.54) is 6.07 Å². The molecule has 1 saturated heterocycles. The number of pyridine rings is 1. The molecule has 1 spiro atoms. The van der Waals surface area contributed by atoms with Gasteiger partial charge in [0, 0.05) is 5.92 Å². The maximum absolute atomic E-state index is 12.9. The minimum Gasteiger partial charge on any atom is -0.317 e. The SMILES string of the molecule is O=C(Nc1cccc(F)n1)C1CC12CCNCC2. The van der Waals surface area contributed by atoms with E-state index in [2.05, 4.69) is 15.6 Å². The van der Waals surface area contributed by atoms with Crippen molar-refractivity contribution in [2.24, 2.45) is 11.3 Å². The van der Waals surface area contributed by atoms with E-state index in [-0.39, 0.29) is 17.2 Å². The van der Waals surface area contributed by atoms with Crippen molar-refractivity contribution < 1.29 is 9.18 Å². The number of hydrogen-bond acceptors (Lipinski definition) is 3. The molecule has 5 heteroatoms. The molecular formula is C13H16FN3O. The van der Waals surface area contributed by atoms with Gasteiger partial charge in [-0.3, -0.25) is 4.79 Å². The van der Waals surface area contributed by atoms with Gasteiger partial charge in [-0.25, -0.2) is 4.98 Å². The quantitative estimate of drug-likeness (QED) is 0.782. The second-order valence-electron chi connectivity index (χ2n) is 5.20. The number of nitrogens with one attached hydrogen (secondary N) is 2. The molecule has 0 radical (unpaired) electrons. The van der Waals surface area contributed by atoms with E-state index >= 15 is 0 Å². The van der Waals surface area contributed by atoms with Gasteiger partial charge in [-0.2, -0.15) is 4.39 Å². The van der Waals surface area contributed by atoms with Crippen LogP contribution in [0, 0.1) is 17.3 Å². The molecule has 96 valence electrons. The first-order valence-electron chi connectivity index (χ1n) is 6.34. The Morgan fingerprint density at radius 1 is 1.44 bits per heavy atom. The largest absolute Gasteiger partial charge is 0.317 e. The second kappa shape index (κ2) is 4.31. The number of aromatic nitrogens is 1. The van der Waals surface area contributed by atoms with Crippen LogP contribution in [0.5, 0.6) is 0 Å². The van der Waals surface area contributed by atoms with E-state index in [1.807, 2.05) is 0 Å². The molecule has 1 saturated carbocycles. The minimum absolute atomic E-state index is 0.0185. The number of nitrogens with zero attached hydrogens (tertiary/aromatic N) is 1. The summed E-state index contributed by atoms with van der Waals surface area (Å²) < 4.78 is 12.9. The Bertz CT molecular complexity index is 471. The number of anilines is 1. The zero-order chi connectivity index (χ0) is 12.6. The summed E-state index contributed by atoms with van der Waals surface area (Å²) in [5.41, 5.74) is 0.197. The highest BCUT2D eigenvalue weighted by atomic mass is 19.1. The van der Waals surface area contributed by atoms with Gasteiger partial charge < -0.3 is 10.6 Å². The summed E-state index contributed by atoms with van der Waals surface area (Å²) in [6.07, 6.45) is 3.07. The highest BCUT2D eigenvalue weighted by Crippen LogP contribution is 2.58. The molecule has 1 aliphatic heterocycles. The first-order chi connectivity index (χ1) is 8.70. The van der Waals surface area contributed by atoms with E-state index in [1.54, 1.807) is 12.1 Å². The first kappa shape index (κ1) is 11.6. The van der Waals surface area contributed by atoms with Crippen molar-refractivity contribution in [2.45, 2.75) is 19.3 Å². The fourth-order valence-electron chi connectivity index (χ4n) is 2.89. The molecule has 1 atom stereocenters. The van der Waals surface area contributed by atoms with Gasteiger partial charge in [0.05, 0.1) is 0 Å². The van der Waals surface area contributed by atoms with Gasteiger partial charge in [0.25, 0.3) is 0 Å².